The lowest BCUT2D eigenvalue weighted by molar-refractivity contribution is 0.660. The second kappa shape index (κ2) is 17.6. The van der Waals surface area contributed by atoms with Gasteiger partial charge in [0.05, 0.1) is 5.41 Å². The van der Waals surface area contributed by atoms with Gasteiger partial charge in [-0.25, -0.2) is 0 Å². The van der Waals surface area contributed by atoms with Crippen molar-refractivity contribution in [2.45, 2.75) is 31.1 Å². The Bertz CT molecular complexity index is 4520. The van der Waals surface area contributed by atoms with Crippen LogP contribution in [0, 0.1) is 0 Å². The van der Waals surface area contributed by atoms with Gasteiger partial charge in [0.2, 0.25) is 0 Å². The molecule has 12 aromatic rings. The van der Waals surface area contributed by atoms with E-state index in [1.165, 1.54) is 134 Å². The topological polar surface area (TPSA) is 3.24 Å². The average molecular weight is 1020 g/mol. The molecule has 4 aliphatic rings. The van der Waals surface area contributed by atoms with Crippen LogP contribution in [0.15, 0.2) is 273 Å². The summed E-state index contributed by atoms with van der Waals surface area (Å²) in [7, 11) is 0. The van der Waals surface area contributed by atoms with Crippen LogP contribution in [-0.4, -0.2) is 0 Å². The SMILES string of the molecule is C=Cc1ccccc1-c1ccc2c(c1)C1(c3ccccc3-c3ccc(-c4ccc(-c5ccc6c(c5)Cc5cc(N(c7ccc(-c8ccccc8)cc7)c7ccc8c(c7)C(C)(C)c7ccccc7-8)ccc5-6)cc4)cc31)c1ccccc1-2. The first-order valence-electron chi connectivity index (χ1n) is 28.1. The highest BCUT2D eigenvalue weighted by molar-refractivity contribution is 5.98. The van der Waals surface area contributed by atoms with E-state index in [1.54, 1.807) is 0 Å². The number of benzene rings is 12. The number of hydrogen-bond donors (Lipinski definition) is 0. The number of hydrogen-bond acceptors (Lipinski definition) is 1. The third-order valence-electron chi connectivity index (χ3n) is 18.3. The zero-order valence-corrected chi connectivity index (χ0v) is 44.8. The molecule has 1 nitrogen and oxygen atoms in total. The summed E-state index contributed by atoms with van der Waals surface area (Å²) in [6, 6.07) is 100. The second-order valence-corrected chi connectivity index (χ2v) is 22.8. The van der Waals surface area contributed by atoms with Crippen LogP contribution < -0.4 is 4.90 Å². The maximum atomic E-state index is 4.18. The van der Waals surface area contributed by atoms with Crippen molar-refractivity contribution in [3.8, 4) is 89.0 Å². The van der Waals surface area contributed by atoms with Crippen LogP contribution in [0.1, 0.15) is 63.9 Å². The molecule has 0 aliphatic heterocycles. The molecule has 1 heteroatoms. The Morgan fingerprint density at radius 2 is 0.700 bits per heavy atom. The summed E-state index contributed by atoms with van der Waals surface area (Å²) < 4.78 is 0. The lowest BCUT2D eigenvalue weighted by Crippen LogP contribution is -2.26. The molecule has 4 aliphatic carbocycles. The zero-order valence-electron chi connectivity index (χ0n) is 44.8. The Morgan fingerprint density at radius 3 is 1.35 bits per heavy atom. The molecule has 0 fully saturated rings. The Kier molecular flexibility index (Phi) is 10.2. The molecule has 0 saturated heterocycles. The number of rotatable bonds is 8. The smallest absolute Gasteiger partial charge is 0.0725 e. The van der Waals surface area contributed by atoms with Crippen molar-refractivity contribution < 1.29 is 0 Å². The van der Waals surface area contributed by atoms with Gasteiger partial charge in [0, 0.05) is 22.5 Å². The van der Waals surface area contributed by atoms with E-state index in [4.69, 9.17) is 0 Å². The molecule has 12 aromatic carbocycles. The van der Waals surface area contributed by atoms with Gasteiger partial charge in [-0.05, 0) is 194 Å². The van der Waals surface area contributed by atoms with E-state index in [-0.39, 0.29) is 5.41 Å². The molecule has 0 bridgehead atoms. The molecule has 376 valence electrons. The van der Waals surface area contributed by atoms with E-state index in [1.807, 2.05) is 6.08 Å². The summed E-state index contributed by atoms with van der Waals surface area (Å²) in [4.78, 5) is 2.45. The van der Waals surface area contributed by atoms with E-state index >= 15 is 0 Å². The highest BCUT2D eigenvalue weighted by atomic mass is 15.1. The quantitative estimate of drug-likeness (QED) is 0.147. The summed E-state index contributed by atoms with van der Waals surface area (Å²) in [5.74, 6) is 0. The number of anilines is 3. The van der Waals surface area contributed by atoms with Crippen molar-refractivity contribution in [1.29, 1.82) is 0 Å². The predicted octanol–water partition coefficient (Wildman–Crippen LogP) is 20.7. The van der Waals surface area contributed by atoms with Crippen molar-refractivity contribution in [1.82, 2.24) is 0 Å². The van der Waals surface area contributed by atoms with Crippen LogP contribution in [0.3, 0.4) is 0 Å². The molecule has 1 atom stereocenters. The van der Waals surface area contributed by atoms with Crippen LogP contribution in [-0.2, 0) is 17.3 Å². The molecule has 0 amide bonds. The largest absolute Gasteiger partial charge is 0.310 e. The van der Waals surface area contributed by atoms with Gasteiger partial charge < -0.3 is 4.90 Å². The maximum Gasteiger partial charge on any atom is 0.0725 e. The van der Waals surface area contributed by atoms with Gasteiger partial charge in [-0.1, -0.05) is 245 Å². The summed E-state index contributed by atoms with van der Waals surface area (Å²) in [5.41, 5.74) is 35.1. The molecule has 0 radical (unpaired) electrons. The van der Waals surface area contributed by atoms with Crippen molar-refractivity contribution in [3.05, 3.63) is 324 Å². The minimum absolute atomic E-state index is 0.109. The van der Waals surface area contributed by atoms with Gasteiger partial charge in [0.1, 0.15) is 0 Å². The van der Waals surface area contributed by atoms with Crippen LogP contribution in [0.4, 0.5) is 17.1 Å². The van der Waals surface area contributed by atoms with Crippen LogP contribution >= 0.6 is 0 Å². The minimum atomic E-state index is -0.464. The monoisotopic (exact) mass is 1020 g/mol. The van der Waals surface area contributed by atoms with Crippen LogP contribution in [0.5, 0.6) is 0 Å². The lowest BCUT2D eigenvalue weighted by atomic mass is 9.70. The molecular weight excluding hydrogens is 963 g/mol. The van der Waals surface area contributed by atoms with Crippen molar-refractivity contribution in [2.24, 2.45) is 0 Å². The summed E-state index contributed by atoms with van der Waals surface area (Å²) in [5, 5.41) is 0. The number of fused-ring (bicyclic) bond motifs is 16. The van der Waals surface area contributed by atoms with Gasteiger partial charge in [-0.15, -0.1) is 0 Å². The third kappa shape index (κ3) is 6.77. The normalized spacial score (nSPS) is 15.0. The highest BCUT2D eigenvalue weighted by Gasteiger charge is 2.52. The van der Waals surface area contributed by atoms with Gasteiger partial charge in [-0.3, -0.25) is 0 Å². The highest BCUT2D eigenvalue weighted by Crippen LogP contribution is 2.64. The Balaban J connectivity index is 0.731. The molecular formula is C79H55N. The fraction of sp³-hybridized carbons (Fsp3) is 0.0633. The van der Waals surface area contributed by atoms with E-state index in [0.717, 1.165) is 29.0 Å². The van der Waals surface area contributed by atoms with Gasteiger partial charge >= 0.3 is 0 Å². The van der Waals surface area contributed by atoms with Crippen molar-refractivity contribution in [3.63, 3.8) is 0 Å². The fourth-order valence-electron chi connectivity index (χ4n) is 14.5. The van der Waals surface area contributed by atoms with E-state index in [0.29, 0.717) is 0 Å². The van der Waals surface area contributed by atoms with Crippen LogP contribution in [0.2, 0.25) is 0 Å². The molecule has 0 heterocycles. The summed E-state index contributed by atoms with van der Waals surface area (Å²) >= 11 is 0. The Hall–Kier alpha value is -9.82. The Morgan fingerprint density at radius 1 is 0.300 bits per heavy atom. The second-order valence-electron chi connectivity index (χ2n) is 22.8. The first-order chi connectivity index (χ1) is 39.3. The van der Waals surface area contributed by atoms with E-state index in [9.17, 15) is 0 Å². The summed E-state index contributed by atoms with van der Waals surface area (Å²) in [6.45, 7) is 8.91. The first kappa shape index (κ1) is 46.3. The summed E-state index contributed by atoms with van der Waals surface area (Å²) in [6.07, 6.45) is 2.85. The van der Waals surface area contributed by atoms with Gasteiger partial charge in [-0.2, -0.15) is 0 Å². The zero-order chi connectivity index (χ0) is 53.3. The van der Waals surface area contributed by atoms with E-state index in [2.05, 4.69) is 292 Å². The molecule has 80 heavy (non-hydrogen) atoms. The third-order valence-corrected chi connectivity index (χ3v) is 18.3. The fourth-order valence-corrected chi connectivity index (χ4v) is 14.5. The molecule has 16 rings (SSSR count). The van der Waals surface area contributed by atoms with E-state index < -0.39 is 5.41 Å². The number of nitrogens with zero attached hydrogens (tertiary/aromatic N) is 1. The van der Waals surface area contributed by atoms with Crippen molar-refractivity contribution in [2.75, 3.05) is 4.90 Å². The molecule has 0 aromatic heterocycles. The van der Waals surface area contributed by atoms with Gasteiger partial charge in [0.15, 0.2) is 0 Å². The minimum Gasteiger partial charge on any atom is -0.310 e. The van der Waals surface area contributed by atoms with Crippen molar-refractivity contribution >= 4 is 23.1 Å². The molecule has 1 unspecified atom stereocenters. The standard InChI is InChI=1S/C79H55N/c1-4-50-16-8-9-19-63(50)57-34-41-71-68-22-12-15-25-74(68)79(77(71)48-57)73-24-14-11-21-67(73)70-40-33-56(47-76(70)79)54-28-26-53(27-29-54)55-32-39-64-58(44-55)45-59-46-61(37-42-65(59)64)80(60-35-30-52(31-36-60)51-17-6-5-7-18-51)62-38-43-69-66-20-10-13-23-72(66)78(2,3)75(69)49-62/h4-44,46-49H,1,45H2,2-3H3. The van der Waals surface area contributed by atoms with Gasteiger partial charge in [0.25, 0.3) is 0 Å². The maximum absolute atomic E-state index is 4.18. The first-order valence-corrected chi connectivity index (χ1v) is 28.1. The average Bonchev–Trinajstić information content (AvgIpc) is 3.92. The molecule has 0 N–H and O–H groups in total. The molecule has 1 spiro atoms. The Labute approximate surface area is 469 Å². The molecule has 0 saturated carbocycles. The van der Waals surface area contributed by atoms with Crippen LogP contribution in [0.25, 0.3) is 95.1 Å². The predicted molar refractivity (Wildman–Crippen MR) is 335 cm³/mol. The lowest BCUT2D eigenvalue weighted by Gasteiger charge is -2.31.